The largest absolute Gasteiger partial charge is 0.458 e. The molecule has 0 radical (unpaired) electrons. The van der Waals surface area contributed by atoms with Crippen LogP contribution in [0.15, 0.2) is 6.20 Å². The van der Waals surface area contributed by atoms with Crippen molar-refractivity contribution in [1.29, 1.82) is 0 Å². The van der Waals surface area contributed by atoms with Crippen LogP contribution in [-0.4, -0.2) is 118 Å². The minimum Gasteiger partial charge on any atom is -0.458 e. The molecule has 0 bridgehead atoms. The zero-order chi connectivity index (χ0) is 41.2. The van der Waals surface area contributed by atoms with Gasteiger partial charge in [0.1, 0.15) is 29.5 Å². The Kier molecular flexibility index (Phi) is 14.2. The Morgan fingerprint density at radius 1 is 1.02 bits per heavy atom. The number of carbonyl (C=O) groups is 2. The van der Waals surface area contributed by atoms with Crippen molar-refractivity contribution in [2.75, 3.05) is 38.4 Å². The van der Waals surface area contributed by atoms with Crippen LogP contribution in [0.3, 0.4) is 0 Å². The first-order valence-electron chi connectivity index (χ1n) is 19.4. The van der Waals surface area contributed by atoms with Crippen molar-refractivity contribution in [1.82, 2.24) is 19.7 Å². The molecule has 1 aliphatic carbocycles. The first-order chi connectivity index (χ1) is 26.2. The summed E-state index contributed by atoms with van der Waals surface area (Å²) in [4.78, 5) is 38.0. The fourth-order valence-electron chi connectivity index (χ4n) is 7.27. The Balaban J connectivity index is 1.47. The van der Waals surface area contributed by atoms with Crippen LogP contribution >= 0.6 is 19.2 Å². The van der Waals surface area contributed by atoms with Crippen LogP contribution in [0.25, 0.3) is 11.0 Å². The smallest absolute Gasteiger partial charge is 0.416 e. The van der Waals surface area contributed by atoms with Crippen LogP contribution in [0.1, 0.15) is 108 Å². The van der Waals surface area contributed by atoms with E-state index >= 15 is 0 Å². The second-order valence-electron chi connectivity index (χ2n) is 16.6. The summed E-state index contributed by atoms with van der Waals surface area (Å²) in [5.74, 6) is -1.39. The van der Waals surface area contributed by atoms with Gasteiger partial charge in [-0.3, -0.25) is 9.46 Å². The van der Waals surface area contributed by atoms with Gasteiger partial charge in [0.15, 0.2) is 29.6 Å². The summed E-state index contributed by atoms with van der Waals surface area (Å²) < 4.78 is 69.4. The maximum Gasteiger partial charge on any atom is 0.416 e. The van der Waals surface area contributed by atoms with Crippen molar-refractivity contribution in [2.45, 2.75) is 161 Å². The molecule has 1 amide bonds. The molecule has 0 spiro atoms. The van der Waals surface area contributed by atoms with Gasteiger partial charge in [0.25, 0.3) is 0 Å². The summed E-state index contributed by atoms with van der Waals surface area (Å²) in [6.07, 6.45) is 0.145. The number of amides is 1. The second kappa shape index (κ2) is 17.8. The quantitative estimate of drug-likeness (QED) is 0.0959. The number of halogens is 1. The number of hydrogen-bond acceptors (Lipinski definition) is 15. The van der Waals surface area contributed by atoms with E-state index in [1.165, 1.54) is 11.8 Å². The first kappa shape index (κ1) is 44.6. The van der Waals surface area contributed by atoms with Gasteiger partial charge >= 0.3 is 19.7 Å². The predicted octanol–water partition coefficient (Wildman–Crippen LogP) is 6.98. The van der Waals surface area contributed by atoms with Gasteiger partial charge in [-0.1, -0.05) is 12.8 Å². The standard InChI is InChI=1S/C37H59ClN5O12P/c1-12-49-56(46,50-13-2)23(20-47-11)18-25(32(44)54-35(3,4)5)48-21-26-27-28(53-37(9,10)52-27)31(51-26)43-30-24(19-39-43)29(40-33(38)41-30)42(22-16-14-15-17-22)34(45)55-36(6,7)8/h19,22-23,25-28,31H,12-18,20-21H2,1-11H3/t23?,25?,26-,27-,28-,31?/m1/s1. The monoisotopic (exact) mass is 831 g/mol. The molecule has 0 N–H and O–H groups in total. The normalized spacial score (nSPS) is 24.0. The Morgan fingerprint density at radius 3 is 2.23 bits per heavy atom. The van der Waals surface area contributed by atoms with Crippen molar-refractivity contribution in [3.8, 4) is 0 Å². The van der Waals surface area contributed by atoms with Crippen LogP contribution < -0.4 is 4.90 Å². The number of ether oxygens (including phenoxy) is 7. The fraction of sp³-hybridized carbons (Fsp3) is 0.811. The van der Waals surface area contributed by atoms with E-state index in [9.17, 15) is 14.2 Å². The maximum absolute atomic E-state index is 13.9. The molecule has 19 heteroatoms. The second-order valence-corrected chi connectivity index (χ2v) is 19.3. The lowest BCUT2D eigenvalue weighted by atomic mass is 10.1. The van der Waals surface area contributed by atoms with Gasteiger partial charge in [-0.25, -0.2) is 14.3 Å². The zero-order valence-electron chi connectivity index (χ0n) is 34.4. The van der Waals surface area contributed by atoms with Crippen LogP contribution in [-0.2, 0) is 51.6 Å². The van der Waals surface area contributed by atoms with Crippen molar-refractivity contribution >= 4 is 48.1 Å². The van der Waals surface area contributed by atoms with E-state index < -0.39 is 73.0 Å². The van der Waals surface area contributed by atoms with E-state index in [1.807, 2.05) is 20.8 Å². The number of carbonyl (C=O) groups excluding carboxylic acids is 2. The highest BCUT2D eigenvalue weighted by molar-refractivity contribution is 7.54. The third-order valence-electron chi connectivity index (χ3n) is 9.32. The Labute approximate surface area is 334 Å². The van der Waals surface area contributed by atoms with Crippen molar-refractivity contribution < 1.29 is 56.4 Å². The average molecular weight is 832 g/mol. The molecular formula is C37H59ClN5O12P. The highest BCUT2D eigenvalue weighted by Crippen LogP contribution is 2.55. The van der Waals surface area contributed by atoms with Gasteiger partial charge in [0.05, 0.1) is 43.7 Å². The number of methoxy groups -OCH3 is 1. The third kappa shape index (κ3) is 10.6. The molecule has 1 saturated carbocycles. The predicted molar refractivity (Wildman–Crippen MR) is 206 cm³/mol. The number of esters is 1. The van der Waals surface area contributed by atoms with Gasteiger partial charge < -0.3 is 42.2 Å². The molecular weight excluding hydrogens is 773 g/mol. The summed E-state index contributed by atoms with van der Waals surface area (Å²) in [6, 6.07) is -0.152. The first-order valence-corrected chi connectivity index (χ1v) is 21.3. The lowest BCUT2D eigenvalue weighted by Gasteiger charge is -2.31. The van der Waals surface area contributed by atoms with E-state index in [4.69, 9.17) is 53.8 Å². The molecule has 17 nitrogen and oxygen atoms in total. The van der Waals surface area contributed by atoms with E-state index in [0.29, 0.717) is 11.0 Å². The molecule has 2 aromatic heterocycles. The molecule has 2 aromatic rings. The molecule has 4 heterocycles. The van der Waals surface area contributed by atoms with Crippen molar-refractivity contribution in [2.24, 2.45) is 0 Å². The molecule has 0 aromatic carbocycles. The summed E-state index contributed by atoms with van der Waals surface area (Å²) in [6.45, 7) is 17.8. The van der Waals surface area contributed by atoms with Gasteiger partial charge in [-0.2, -0.15) is 15.1 Å². The van der Waals surface area contributed by atoms with Crippen LogP contribution in [0.2, 0.25) is 5.28 Å². The van der Waals surface area contributed by atoms with Crippen molar-refractivity contribution in [3.05, 3.63) is 11.5 Å². The molecule has 6 atom stereocenters. The number of anilines is 1. The lowest BCUT2D eigenvalue weighted by Crippen LogP contribution is -2.43. The molecule has 3 aliphatic rings. The van der Waals surface area contributed by atoms with E-state index in [0.717, 1.165) is 25.7 Å². The van der Waals surface area contributed by atoms with E-state index in [-0.39, 0.29) is 50.0 Å². The molecule has 2 saturated heterocycles. The van der Waals surface area contributed by atoms with Crippen LogP contribution in [0.5, 0.6) is 0 Å². The van der Waals surface area contributed by atoms with Gasteiger partial charge in [-0.15, -0.1) is 0 Å². The van der Waals surface area contributed by atoms with E-state index in [1.54, 1.807) is 59.6 Å². The topological polar surface area (TPSA) is 181 Å². The van der Waals surface area contributed by atoms with Gasteiger partial charge in [0, 0.05) is 19.6 Å². The zero-order valence-corrected chi connectivity index (χ0v) is 36.1. The molecule has 3 unspecified atom stereocenters. The molecule has 3 fully saturated rings. The number of aromatic nitrogens is 4. The van der Waals surface area contributed by atoms with Crippen LogP contribution in [0.4, 0.5) is 10.6 Å². The van der Waals surface area contributed by atoms with E-state index in [2.05, 4.69) is 15.1 Å². The molecule has 5 rings (SSSR count). The number of fused-ring (bicyclic) bond motifs is 2. The summed E-state index contributed by atoms with van der Waals surface area (Å²) in [5.41, 5.74) is -2.13. The van der Waals surface area contributed by atoms with Crippen LogP contribution in [0, 0.1) is 0 Å². The average Bonchev–Trinajstić information content (AvgIpc) is 3.86. The summed E-state index contributed by atoms with van der Waals surface area (Å²) in [5, 5.41) is 5.05. The minimum absolute atomic E-state index is 0.0251. The Bertz CT molecular complexity index is 1720. The number of hydrogen-bond donors (Lipinski definition) is 0. The third-order valence-corrected chi connectivity index (χ3v) is 12.0. The number of rotatable bonds is 16. The molecule has 2 aliphatic heterocycles. The lowest BCUT2D eigenvalue weighted by molar-refractivity contribution is -0.207. The minimum atomic E-state index is -3.74. The Hall–Kier alpha value is -2.47. The van der Waals surface area contributed by atoms with Crippen molar-refractivity contribution in [3.63, 3.8) is 0 Å². The van der Waals surface area contributed by atoms with Gasteiger partial charge in [0.2, 0.25) is 5.28 Å². The fourth-order valence-corrected chi connectivity index (χ4v) is 9.43. The molecule has 316 valence electrons. The van der Waals surface area contributed by atoms with Gasteiger partial charge in [-0.05, 0) is 93.7 Å². The maximum atomic E-state index is 13.9. The summed E-state index contributed by atoms with van der Waals surface area (Å²) >= 11 is 6.58. The molecule has 56 heavy (non-hydrogen) atoms. The highest BCUT2D eigenvalue weighted by Gasteiger charge is 2.57. The highest BCUT2D eigenvalue weighted by atomic mass is 35.5. The Morgan fingerprint density at radius 2 is 1.64 bits per heavy atom. The SMILES string of the molecule is CCOP(=O)(OCC)C(COC)CC(OC[C@H]1OC(n2ncc3c(N(C(=O)OC(C)(C)C)C4CCCC4)nc(Cl)nc32)[C@@H]2OC(C)(C)O[C@H]12)C(=O)OC(C)(C)C. The number of nitrogens with zero attached hydrogens (tertiary/aromatic N) is 5. The summed E-state index contributed by atoms with van der Waals surface area (Å²) in [7, 11) is -2.27.